The van der Waals surface area contributed by atoms with E-state index < -0.39 is 5.41 Å². The summed E-state index contributed by atoms with van der Waals surface area (Å²) in [6.07, 6.45) is 5.14. The van der Waals surface area contributed by atoms with Crippen molar-refractivity contribution in [1.29, 1.82) is 0 Å². The maximum absolute atomic E-state index is 13.0. The number of methoxy groups -OCH3 is 1. The number of rotatable bonds is 2. The number of fused-ring (bicyclic) bond motifs is 5. The minimum absolute atomic E-state index is 0.0798. The smallest absolute Gasteiger partial charge is 0.241 e. The van der Waals surface area contributed by atoms with Crippen LogP contribution in [0.3, 0.4) is 0 Å². The van der Waals surface area contributed by atoms with E-state index in [1.54, 1.807) is 19.2 Å². The van der Waals surface area contributed by atoms with E-state index in [0.29, 0.717) is 11.4 Å². The molecule has 0 unspecified atom stereocenters. The SMILES string of the molecule is COc1ccccc1N1C(=O)[C@@H]2[C@H]3C=C[C@H](C3)[C@]2(C)C1=O. The van der Waals surface area contributed by atoms with E-state index in [-0.39, 0.29) is 29.6 Å². The molecule has 1 saturated heterocycles. The number of hydrogen-bond acceptors (Lipinski definition) is 3. The fourth-order valence-electron chi connectivity index (χ4n) is 4.35. The molecule has 2 bridgehead atoms. The Morgan fingerprint density at radius 1 is 1.24 bits per heavy atom. The molecule has 4 heteroatoms. The van der Waals surface area contributed by atoms with Crippen molar-refractivity contribution in [3.05, 3.63) is 36.4 Å². The lowest BCUT2D eigenvalue weighted by atomic mass is 9.71. The van der Waals surface area contributed by atoms with E-state index >= 15 is 0 Å². The number of imide groups is 1. The largest absolute Gasteiger partial charge is 0.495 e. The highest BCUT2D eigenvalue weighted by Gasteiger charge is 2.67. The van der Waals surface area contributed by atoms with E-state index in [1.165, 1.54) is 4.90 Å². The zero-order chi connectivity index (χ0) is 14.8. The van der Waals surface area contributed by atoms with Gasteiger partial charge in [0.15, 0.2) is 0 Å². The average molecular weight is 283 g/mol. The molecule has 0 aromatic heterocycles. The van der Waals surface area contributed by atoms with E-state index in [0.717, 1.165) is 6.42 Å². The van der Waals surface area contributed by atoms with Crippen molar-refractivity contribution in [2.45, 2.75) is 13.3 Å². The van der Waals surface area contributed by atoms with Crippen LogP contribution in [0, 0.1) is 23.2 Å². The molecule has 0 spiro atoms. The third kappa shape index (κ3) is 1.35. The van der Waals surface area contributed by atoms with Crippen LogP contribution in [-0.4, -0.2) is 18.9 Å². The number of carbonyl (C=O) groups excluding carboxylic acids is 2. The number of para-hydroxylation sites is 2. The minimum atomic E-state index is -0.586. The zero-order valence-electron chi connectivity index (χ0n) is 12.1. The van der Waals surface area contributed by atoms with Gasteiger partial charge in [0.05, 0.1) is 24.1 Å². The summed E-state index contributed by atoms with van der Waals surface area (Å²) in [7, 11) is 1.55. The molecule has 2 aliphatic carbocycles. The van der Waals surface area contributed by atoms with E-state index in [2.05, 4.69) is 12.2 Å². The fraction of sp³-hybridized carbons (Fsp3) is 0.412. The van der Waals surface area contributed by atoms with Crippen molar-refractivity contribution >= 4 is 17.5 Å². The normalized spacial score (nSPS) is 36.5. The van der Waals surface area contributed by atoms with Gasteiger partial charge in [-0.2, -0.15) is 0 Å². The van der Waals surface area contributed by atoms with Crippen LogP contribution in [0.15, 0.2) is 36.4 Å². The second-order valence-electron chi connectivity index (χ2n) is 6.30. The lowest BCUT2D eigenvalue weighted by Gasteiger charge is -2.28. The Morgan fingerprint density at radius 2 is 2.00 bits per heavy atom. The standard InChI is InChI=1S/C17H17NO3/c1-17-11-8-7-10(9-11)14(17)15(19)18(16(17)20)12-5-3-4-6-13(12)21-2/h3-8,10-11,14H,9H2,1-2H3/t10-,11+,14-,17-/m0/s1. The molecular weight excluding hydrogens is 266 g/mol. The average Bonchev–Trinajstić information content (AvgIpc) is 3.12. The second-order valence-corrected chi connectivity index (χ2v) is 6.30. The summed E-state index contributed by atoms with van der Waals surface area (Å²) in [6.45, 7) is 1.95. The minimum Gasteiger partial charge on any atom is -0.495 e. The van der Waals surface area contributed by atoms with Gasteiger partial charge in [0, 0.05) is 0 Å². The van der Waals surface area contributed by atoms with Gasteiger partial charge in [0.2, 0.25) is 11.8 Å². The van der Waals surface area contributed by atoms with Crippen LogP contribution in [0.1, 0.15) is 13.3 Å². The lowest BCUT2D eigenvalue weighted by molar-refractivity contribution is -0.127. The number of benzene rings is 1. The Bertz CT molecular complexity index is 680. The highest BCUT2D eigenvalue weighted by Crippen LogP contribution is 2.61. The predicted molar refractivity (Wildman–Crippen MR) is 77.8 cm³/mol. The lowest BCUT2D eigenvalue weighted by Crippen LogP contribution is -2.37. The van der Waals surface area contributed by atoms with Gasteiger partial charge in [-0.05, 0) is 37.3 Å². The second kappa shape index (κ2) is 3.97. The van der Waals surface area contributed by atoms with Crippen LogP contribution in [0.2, 0.25) is 0 Å². The Balaban J connectivity index is 1.83. The van der Waals surface area contributed by atoms with Crippen LogP contribution in [0.5, 0.6) is 5.75 Å². The fourth-order valence-corrected chi connectivity index (χ4v) is 4.35. The Morgan fingerprint density at radius 3 is 2.71 bits per heavy atom. The number of amides is 2. The van der Waals surface area contributed by atoms with Gasteiger partial charge in [0.25, 0.3) is 0 Å². The molecule has 1 heterocycles. The van der Waals surface area contributed by atoms with Crippen molar-refractivity contribution in [1.82, 2.24) is 0 Å². The van der Waals surface area contributed by atoms with Crippen molar-refractivity contribution in [3.63, 3.8) is 0 Å². The molecule has 1 aromatic carbocycles. The summed E-state index contributed by atoms with van der Waals surface area (Å²) >= 11 is 0. The van der Waals surface area contributed by atoms with E-state index in [4.69, 9.17) is 4.74 Å². The maximum Gasteiger partial charge on any atom is 0.241 e. The quantitative estimate of drug-likeness (QED) is 0.618. The number of carbonyl (C=O) groups is 2. The van der Waals surface area contributed by atoms with Crippen LogP contribution in [0.25, 0.3) is 0 Å². The Hall–Kier alpha value is -2.10. The van der Waals surface area contributed by atoms with E-state index in [1.807, 2.05) is 19.1 Å². The predicted octanol–water partition coefficient (Wildman–Crippen LogP) is 2.40. The highest BCUT2D eigenvalue weighted by molar-refractivity contribution is 6.25. The first kappa shape index (κ1) is 12.6. The molecular formula is C17H17NO3. The summed E-state index contributed by atoms with van der Waals surface area (Å²) in [5.74, 6) is 0.565. The van der Waals surface area contributed by atoms with Gasteiger partial charge in [-0.3, -0.25) is 9.59 Å². The molecule has 2 amide bonds. The van der Waals surface area contributed by atoms with Crippen molar-refractivity contribution in [2.75, 3.05) is 12.0 Å². The molecule has 3 aliphatic rings. The monoisotopic (exact) mass is 283 g/mol. The highest BCUT2D eigenvalue weighted by atomic mass is 16.5. The summed E-state index contributed by atoms with van der Waals surface area (Å²) in [5, 5.41) is 0. The number of anilines is 1. The first-order chi connectivity index (χ1) is 10.1. The van der Waals surface area contributed by atoms with Gasteiger partial charge in [-0.15, -0.1) is 0 Å². The molecule has 0 radical (unpaired) electrons. The third-order valence-electron chi connectivity index (χ3n) is 5.44. The summed E-state index contributed by atoms with van der Waals surface area (Å²) in [4.78, 5) is 27.2. The molecule has 1 saturated carbocycles. The van der Waals surface area contributed by atoms with Gasteiger partial charge in [-0.25, -0.2) is 4.90 Å². The van der Waals surface area contributed by atoms with Gasteiger partial charge < -0.3 is 4.74 Å². The van der Waals surface area contributed by atoms with Crippen LogP contribution in [0.4, 0.5) is 5.69 Å². The topological polar surface area (TPSA) is 46.6 Å². The zero-order valence-corrected chi connectivity index (χ0v) is 12.1. The molecule has 108 valence electrons. The molecule has 4 nitrogen and oxygen atoms in total. The van der Waals surface area contributed by atoms with Crippen LogP contribution in [-0.2, 0) is 9.59 Å². The molecule has 0 N–H and O–H groups in total. The van der Waals surface area contributed by atoms with Crippen molar-refractivity contribution in [3.8, 4) is 5.75 Å². The molecule has 2 fully saturated rings. The van der Waals surface area contributed by atoms with Crippen molar-refractivity contribution in [2.24, 2.45) is 23.2 Å². The Kier molecular flexibility index (Phi) is 2.39. The van der Waals surface area contributed by atoms with E-state index in [9.17, 15) is 9.59 Å². The first-order valence-corrected chi connectivity index (χ1v) is 7.28. The summed E-state index contributed by atoms with van der Waals surface area (Å²) in [5.41, 5.74) is -0.0258. The Labute approximate surface area is 123 Å². The molecule has 1 aromatic rings. The van der Waals surface area contributed by atoms with Crippen molar-refractivity contribution < 1.29 is 14.3 Å². The third-order valence-corrected chi connectivity index (χ3v) is 5.44. The first-order valence-electron chi connectivity index (χ1n) is 7.28. The molecule has 4 rings (SSSR count). The molecule has 1 aliphatic heterocycles. The molecule has 4 atom stereocenters. The number of ether oxygens (including phenoxy) is 1. The number of allylic oxidation sites excluding steroid dienone is 2. The number of hydrogen-bond donors (Lipinski definition) is 0. The maximum atomic E-state index is 13.0. The van der Waals surface area contributed by atoms with Gasteiger partial charge >= 0.3 is 0 Å². The van der Waals surface area contributed by atoms with Crippen LogP contribution >= 0.6 is 0 Å². The summed E-state index contributed by atoms with van der Waals surface area (Å²) in [6, 6.07) is 7.20. The van der Waals surface area contributed by atoms with Gasteiger partial charge in [-0.1, -0.05) is 24.3 Å². The summed E-state index contributed by atoms with van der Waals surface area (Å²) < 4.78 is 5.32. The number of nitrogens with zero attached hydrogens (tertiary/aromatic N) is 1. The molecule has 21 heavy (non-hydrogen) atoms. The van der Waals surface area contributed by atoms with Crippen LogP contribution < -0.4 is 9.64 Å². The van der Waals surface area contributed by atoms with Gasteiger partial charge in [0.1, 0.15) is 5.75 Å².